The fourth-order valence-electron chi connectivity index (χ4n) is 1.17. The quantitative estimate of drug-likeness (QED) is 0.769. The maximum atomic E-state index is 13.1. The first-order chi connectivity index (χ1) is 6.60. The SMILES string of the molecule is COc1c(F)cc(F)cc1C(N)CO. The van der Waals surface area contributed by atoms with Gasteiger partial charge in [-0.3, -0.25) is 0 Å². The molecule has 0 aromatic heterocycles. The molecule has 1 atom stereocenters. The molecule has 1 unspecified atom stereocenters. The van der Waals surface area contributed by atoms with Gasteiger partial charge in [0.1, 0.15) is 5.82 Å². The molecule has 0 saturated carbocycles. The van der Waals surface area contributed by atoms with Gasteiger partial charge in [-0.1, -0.05) is 0 Å². The lowest BCUT2D eigenvalue weighted by molar-refractivity contribution is 0.263. The number of nitrogens with two attached hydrogens (primary N) is 1. The largest absolute Gasteiger partial charge is 0.493 e. The number of halogens is 2. The molecule has 0 aliphatic carbocycles. The number of ether oxygens (including phenoxy) is 1. The third kappa shape index (κ3) is 2.00. The van der Waals surface area contributed by atoms with E-state index in [1.165, 1.54) is 7.11 Å². The first-order valence-electron chi connectivity index (χ1n) is 3.99. The van der Waals surface area contributed by atoms with Gasteiger partial charge in [0.2, 0.25) is 0 Å². The van der Waals surface area contributed by atoms with Crippen molar-refractivity contribution in [2.24, 2.45) is 5.73 Å². The topological polar surface area (TPSA) is 55.5 Å². The summed E-state index contributed by atoms with van der Waals surface area (Å²) in [6.07, 6.45) is 0. The minimum Gasteiger partial charge on any atom is -0.493 e. The van der Waals surface area contributed by atoms with Crippen molar-refractivity contribution >= 4 is 0 Å². The lowest BCUT2D eigenvalue weighted by Gasteiger charge is -2.13. The highest BCUT2D eigenvalue weighted by Gasteiger charge is 2.16. The summed E-state index contributed by atoms with van der Waals surface area (Å²) in [4.78, 5) is 0. The van der Waals surface area contributed by atoms with Crippen LogP contribution in [0.15, 0.2) is 12.1 Å². The van der Waals surface area contributed by atoms with Gasteiger partial charge in [-0.2, -0.15) is 0 Å². The van der Waals surface area contributed by atoms with Crippen molar-refractivity contribution in [3.8, 4) is 5.75 Å². The Morgan fingerprint density at radius 2 is 2.14 bits per heavy atom. The average Bonchev–Trinajstić information content (AvgIpc) is 2.15. The van der Waals surface area contributed by atoms with Gasteiger partial charge < -0.3 is 15.6 Å². The monoisotopic (exact) mass is 203 g/mol. The molecule has 0 spiro atoms. The van der Waals surface area contributed by atoms with E-state index in [2.05, 4.69) is 0 Å². The fourth-order valence-corrected chi connectivity index (χ4v) is 1.17. The predicted octanol–water partition coefficient (Wildman–Crippen LogP) is 0.965. The molecular weight excluding hydrogens is 192 g/mol. The molecule has 0 amide bonds. The fraction of sp³-hybridized carbons (Fsp3) is 0.333. The molecule has 5 heteroatoms. The molecule has 3 nitrogen and oxygen atoms in total. The van der Waals surface area contributed by atoms with Crippen LogP contribution in [0.2, 0.25) is 0 Å². The smallest absolute Gasteiger partial charge is 0.168 e. The Balaban J connectivity index is 3.24. The summed E-state index contributed by atoms with van der Waals surface area (Å²) in [5.74, 6) is -1.71. The van der Waals surface area contributed by atoms with E-state index in [0.717, 1.165) is 6.07 Å². The number of rotatable bonds is 3. The van der Waals surface area contributed by atoms with Gasteiger partial charge in [0.05, 0.1) is 19.8 Å². The minimum atomic E-state index is -0.852. The molecule has 0 heterocycles. The molecule has 0 aliphatic heterocycles. The summed E-state index contributed by atoms with van der Waals surface area (Å²) < 4.78 is 30.6. The Hall–Kier alpha value is -1.20. The van der Waals surface area contributed by atoms with Gasteiger partial charge in [0.25, 0.3) is 0 Å². The van der Waals surface area contributed by atoms with Crippen LogP contribution in [0.5, 0.6) is 5.75 Å². The molecule has 1 aromatic rings. The third-order valence-corrected chi connectivity index (χ3v) is 1.84. The summed E-state index contributed by atoms with van der Waals surface area (Å²) in [7, 11) is 1.25. The number of aliphatic hydroxyl groups excluding tert-OH is 1. The Kier molecular flexibility index (Phi) is 3.38. The Labute approximate surface area is 80.1 Å². The number of methoxy groups -OCH3 is 1. The summed E-state index contributed by atoms with van der Waals surface area (Å²) in [6.45, 7) is -0.404. The lowest BCUT2D eigenvalue weighted by Crippen LogP contribution is -2.16. The molecule has 1 rings (SSSR count). The van der Waals surface area contributed by atoms with Gasteiger partial charge >= 0.3 is 0 Å². The summed E-state index contributed by atoms with van der Waals surface area (Å²) in [6, 6.07) is 0.894. The molecule has 14 heavy (non-hydrogen) atoms. The first-order valence-corrected chi connectivity index (χ1v) is 3.99. The molecule has 0 radical (unpaired) electrons. The van der Waals surface area contributed by atoms with Crippen molar-refractivity contribution in [2.45, 2.75) is 6.04 Å². The van der Waals surface area contributed by atoms with E-state index in [0.29, 0.717) is 6.07 Å². The van der Waals surface area contributed by atoms with E-state index in [-0.39, 0.29) is 11.3 Å². The number of hydrogen-bond acceptors (Lipinski definition) is 3. The van der Waals surface area contributed by atoms with Crippen LogP contribution in [0.3, 0.4) is 0 Å². The zero-order valence-electron chi connectivity index (χ0n) is 7.63. The maximum absolute atomic E-state index is 13.1. The molecule has 3 N–H and O–H groups in total. The molecule has 0 aliphatic rings. The Morgan fingerprint density at radius 3 is 2.64 bits per heavy atom. The summed E-state index contributed by atoms with van der Waals surface area (Å²) in [5.41, 5.74) is 5.56. The number of benzene rings is 1. The zero-order chi connectivity index (χ0) is 10.7. The maximum Gasteiger partial charge on any atom is 0.168 e. The summed E-state index contributed by atoms with van der Waals surface area (Å²) in [5, 5.41) is 8.76. The van der Waals surface area contributed by atoms with Crippen LogP contribution >= 0.6 is 0 Å². The van der Waals surface area contributed by atoms with Gasteiger partial charge in [-0.05, 0) is 6.07 Å². The van der Waals surface area contributed by atoms with Crippen LogP contribution in [0.25, 0.3) is 0 Å². The van der Waals surface area contributed by atoms with E-state index in [1.807, 2.05) is 0 Å². The van der Waals surface area contributed by atoms with Crippen LogP contribution in [0.4, 0.5) is 8.78 Å². The molecule has 0 saturated heterocycles. The highest BCUT2D eigenvalue weighted by atomic mass is 19.1. The third-order valence-electron chi connectivity index (χ3n) is 1.84. The summed E-state index contributed by atoms with van der Waals surface area (Å²) >= 11 is 0. The van der Waals surface area contributed by atoms with Crippen molar-refractivity contribution in [2.75, 3.05) is 13.7 Å². The van der Waals surface area contributed by atoms with Crippen molar-refractivity contribution in [3.05, 3.63) is 29.3 Å². The van der Waals surface area contributed by atoms with Crippen LogP contribution in [0.1, 0.15) is 11.6 Å². The minimum absolute atomic E-state index is 0.118. The molecule has 0 bridgehead atoms. The van der Waals surface area contributed by atoms with Crippen LogP contribution in [-0.2, 0) is 0 Å². The lowest BCUT2D eigenvalue weighted by atomic mass is 10.1. The number of hydrogen-bond donors (Lipinski definition) is 2. The highest BCUT2D eigenvalue weighted by Crippen LogP contribution is 2.27. The van der Waals surface area contributed by atoms with Crippen LogP contribution < -0.4 is 10.5 Å². The van der Waals surface area contributed by atoms with Crippen molar-refractivity contribution in [1.82, 2.24) is 0 Å². The van der Waals surface area contributed by atoms with Crippen molar-refractivity contribution in [1.29, 1.82) is 0 Å². The first kappa shape index (κ1) is 10.9. The molecule has 78 valence electrons. The second-order valence-electron chi connectivity index (χ2n) is 2.80. The second-order valence-corrected chi connectivity index (χ2v) is 2.80. The molecule has 1 aromatic carbocycles. The second kappa shape index (κ2) is 4.34. The van der Waals surface area contributed by atoms with Gasteiger partial charge in [0.15, 0.2) is 11.6 Å². The highest BCUT2D eigenvalue weighted by molar-refractivity contribution is 5.37. The van der Waals surface area contributed by atoms with E-state index in [9.17, 15) is 8.78 Å². The van der Waals surface area contributed by atoms with Crippen molar-refractivity contribution in [3.63, 3.8) is 0 Å². The molecular formula is C9H11F2NO2. The van der Waals surface area contributed by atoms with Gasteiger partial charge in [-0.25, -0.2) is 8.78 Å². The number of aliphatic hydroxyl groups is 1. The Morgan fingerprint density at radius 1 is 1.50 bits per heavy atom. The van der Waals surface area contributed by atoms with Gasteiger partial charge in [0, 0.05) is 11.6 Å². The average molecular weight is 203 g/mol. The normalized spacial score (nSPS) is 12.6. The van der Waals surface area contributed by atoms with Gasteiger partial charge in [-0.15, -0.1) is 0 Å². The predicted molar refractivity (Wildman–Crippen MR) is 46.9 cm³/mol. The molecule has 0 fully saturated rings. The van der Waals surface area contributed by atoms with E-state index >= 15 is 0 Å². The van der Waals surface area contributed by atoms with Crippen molar-refractivity contribution < 1.29 is 18.6 Å². The van der Waals surface area contributed by atoms with E-state index in [1.54, 1.807) is 0 Å². The zero-order valence-corrected chi connectivity index (χ0v) is 7.63. The van der Waals surface area contributed by atoms with Crippen LogP contribution in [-0.4, -0.2) is 18.8 Å². The standard InChI is InChI=1S/C9H11F2NO2/c1-14-9-6(8(12)4-13)2-5(10)3-7(9)11/h2-3,8,13H,4,12H2,1H3. The van der Waals surface area contributed by atoms with Crippen LogP contribution in [0, 0.1) is 11.6 Å². The van der Waals surface area contributed by atoms with E-state index < -0.39 is 24.3 Å². The Bertz CT molecular complexity index is 331. The van der Waals surface area contributed by atoms with E-state index in [4.69, 9.17) is 15.6 Å².